The Kier molecular flexibility index (Phi) is 3.33. The van der Waals surface area contributed by atoms with E-state index in [-0.39, 0.29) is 5.82 Å². The molecule has 0 atom stereocenters. The van der Waals surface area contributed by atoms with Crippen LogP contribution in [0.3, 0.4) is 0 Å². The third kappa shape index (κ3) is 2.53. The van der Waals surface area contributed by atoms with Crippen LogP contribution in [0.2, 0.25) is 0 Å². The van der Waals surface area contributed by atoms with Gasteiger partial charge >= 0.3 is 0 Å². The highest BCUT2D eigenvalue weighted by Gasteiger charge is 2.14. The van der Waals surface area contributed by atoms with Gasteiger partial charge in [-0.1, -0.05) is 12.1 Å². The fraction of sp³-hybridized carbons (Fsp3) is 0.308. The van der Waals surface area contributed by atoms with Crippen molar-refractivity contribution >= 4 is 5.82 Å². The Balaban J connectivity index is 1.93. The van der Waals surface area contributed by atoms with Crippen LogP contribution in [0, 0.1) is 5.82 Å². The number of anilines is 1. The molecule has 1 aromatic carbocycles. The second-order valence-corrected chi connectivity index (χ2v) is 4.36. The molecule has 1 aliphatic heterocycles. The van der Waals surface area contributed by atoms with E-state index in [1.807, 2.05) is 0 Å². The highest BCUT2D eigenvalue weighted by molar-refractivity contribution is 5.57. The minimum Gasteiger partial charge on any atom is -0.353 e. The topological polar surface area (TPSA) is 53.9 Å². The first-order valence-corrected chi connectivity index (χ1v) is 6.25. The molecule has 1 aromatic heterocycles. The van der Waals surface area contributed by atoms with Gasteiger partial charge in [-0.25, -0.2) is 9.37 Å². The third-order valence-corrected chi connectivity index (χ3v) is 3.10. The number of rotatable bonds is 2. The SMILES string of the molecule is Fc1ccccc1-c1nncc(N2CCNCC2)n1. The highest BCUT2D eigenvalue weighted by atomic mass is 19.1. The van der Waals surface area contributed by atoms with E-state index >= 15 is 0 Å². The van der Waals surface area contributed by atoms with Crippen LogP contribution in [0.4, 0.5) is 10.2 Å². The zero-order valence-electron chi connectivity index (χ0n) is 10.4. The Morgan fingerprint density at radius 1 is 1.16 bits per heavy atom. The van der Waals surface area contributed by atoms with E-state index in [0.717, 1.165) is 32.0 Å². The quantitative estimate of drug-likeness (QED) is 0.875. The van der Waals surface area contributed by atoms with Gasteiger partial charge < -0.3 is 10.2 Å². The van der Waals surface area contributed by atoms with E-state index in [9.17, 15) is 4.39 Å². The Bertz CT molecular complexity index is 568. The van der Waals surface area contributed by atoms with Crippen molar-refractivity contribution in [1.29, 1.82) is 0 Å². The van der Waals surface area contributed by atoms with Crippen molar-refractivity contribution in [3.8, 4) is 11.4 Å². The molecule has 98 valence electrons. The number of aromatic nitrogens is 3. The van der Waals surface area contributed by atoms with E-state index in [4.69, 9.17) is 0 Å². The molecule has 0 bridgehead atoms. The number of hydrogen-bond donors (Lipinski definition) is 1. The molecule has 1 aliphatic rings. The van der Waals surface area contributed by atoms with Crippen molar-refractivity contribution < 1.29 is 4.39 Å². The van der Waals surface area contributed by atoms with E-state index < -0.39 is 0 Å². The Morgan fingerprint density at radius 3 is 2.74 bits per heavy atom. The highest BCUT2D eigenvalue weighted by Crippen LogP contribution is 2.20. The summed E-state index contributed by atoms with van der Waals surface area (Å²) in [6, 6.07) is 6.47. The second-order valence-electron chi connectivity index (χ2n) is 4.36. The van der Waals surface area contributed by atoms with Crippen molar-refractivity contribution in [2.24, 2.45) is 0 Å². The van der Waals surface area contributed by atoms with Gasteiger partial charge in [0.1, 0.15) is 5.82 Å². The number of halogens is 1. The van der Waals surface area contributed by atoms with Gasteiger partial charge in [0, 0.05) is 26.2 Å². The molecule has 1 N–H and O–H groups in total. The summed E-state index contributed by atoms with van der Waals surface area (Å²) in [5.74, 6) is 0.741. The Labute approximate surface area is 110 Å². The summed E-state index contributed by atoms with van der Waals surface area (Å²) in [6.45, 7) is 3.57. The Morgan fingerprint density at radius 2 is 1.95 bits per heavy atom. The largest absolute Gasteiger partial charge is 0.353 e. The zero-order valence-corrected chi connectivity index (χ0v) is 10.4. The fourth-order valence-electron chi connectivity index (χ4n) is 2.10. The van der Waals surface area contributed by atoms with Crippen LogP contribution in [0.15, 0.2) is 30.5 Å². The molecule has 0 unspecified atom stereocenters. The van der Waals surface area contributed by atoms with Crippen LogP contribution in [0.25, 0.3) is 11.4 Å². The molecule has 0 amide bonds. The molecule has 19 heavy (non-hydrogen) atoms. The first-order valence-electron chi connectivity index (χ1n) is 6.25. The molecular weight excluding hydrogens is 245 g/mol. The molecule has 0 saturated carbocycles. The number of nitrogens with zero attached hydrogens (tertiary/aromatic N) is 4. The predicted molar refractivity (Wildman–Crippen MR) is 70.3 cm³/mol. The van der Waals surface area contributed by atoms with Crippen LogP contribution in [-0.2, 0) is 0 Å². The van der Waals surface area contributed by atoms with Gasteiger partial charge in [-0.05, 0) is 12.1 Å². The molecule has 5 nitrogen and oxygen atoms in total. The van der Waals surface area contributed by atoms with Crippen molar-refractivity contribution in [3.05, 3.63) is 36.3 Å². The molecule has 0 aliphatic carbocycles. The minimum absolute atomic E-state index is 0.328. The van der Waals surface area contributed by atoms with Gasteiger partial charge in [-0.2, -0.15) is 5.10 Å². The van der Waals surface area contributed by atoms with Crippen molar-refractivity contribution in [2.45, 2.75) is 0 Å². The van der Waals surface area contributed by atoms with Gasteiger partial charge in [0.2, 0.25) is 0 Å². The number of hydrogen-bond acceptors (Lipinski definition) is 5. The Hall–Kier alpha value is -2.08. The lowest BCUT2D eigenvalue weighted by Gasteiger charge is -2.28. The van der Waals surface area contributed by atoms with E-state index in [1.54, 1.807) is 24.4 Å². The first-order chi connectivity index (χ1) is 9.34. The number of benzene rings is 1. The van der Waals surface area contributed by atoms with Crippen molar-refractivity contribution in [2.75, 3.05) is 31.1 Å². The predicted octanol–water partition coefficient (Wildman–Crippen LogP) is 1.09. The summed E-state index contributed by atoms with van der Waals surface area (Å²) in [5.41, 5.74) is 0.381. The summed E-state index contributed by atoms with van der Waals surface area (Å²) >= 11 is 0. The van der Waals surface area contributed by atoms with Crippen LogP contribution >= 0.6 is 0 Å². The molecule has 2 aromatic rings. The summed E-state index contributed by atoms with van der Waals surface area (Å²) in [4.78, 5) is 6.53. The zero-order chi connectivity index (χ0) is 13.1. The maximum atomic E-state index is 13.7. The monoisotopic (exact) mass is 259 g/mol. The molecule has 1 saturated heterocycles. The van der Waals surface area contributed by atoms with Gasteiger partial charge in [0.05, 0.1) is 11.8 Å². The lowest BCUT2D eigenvalue weighted by atomic mass is 10.2. The third-order valence-electron chi connectivity index (χ3n) is 3.10. The van der Waals surface area contributed by atoms with Crippen LogP contribution in [0.5, 0.6) is 0 Å². The van der Waals surface area contributed by atoms with E-state index in [0.29, 0.717) is 11.4 Å². The lowest BCUT2D eigenvalue weighted by Crippen LogP contribution is -2.44. The van der Waals surface area contributed by atoms with E-state index in [2.05, 4.69) is 25.4 Å². The molecule has 2 heterocycles. The van der Waals surface area contributed by atoms with Gasteiger partial charge in [-0.3, -0.25) is 0 Å². The summed E-state index contributed by atoms with van der Waals surface area (Å²) < 4.78 is 13.7. The normalized spacial score (nSPS) is 15.5. The van der Waals surface area contributed by atoms with Crippen LogP contribution < -0.4 is 10.2 Å². The summed E-state index contributed by atoms with van der Waals surface area (Å²) in [5, 5.41) is 11.1. The molecular formula is C13H14FN5. The van der Waals surface area contributed by atoms with Crippen LogP contribution in [-0.4, -0.2) is 41.4 Å². The number of piperazine rings is 1. The summed E-state index contributed by atoms with van der Waals surface area (Å²) in [6.07, 6.45) is 1.62. The maximum Gasteiger partial charge on any atom is 0.186 e. The molecule has 0 radical (unpaired) electrons. The fourth-order valence-corrected chi connectivity index (χ4v) is 2.10. The average Bonchev–Trinajstić information content (AvgIpc) is 2.49. The lowest BCUT2D eigenvalue weighted by molar-refractivity contribution is 0.583. The minimum atomic E-state index is -0.332. The van der Waals surface area contributed by atoms with Crippen LogP contribution in [0.1, 0.15) is 0 Å². The van der Waals surface area contributed by atoms with Crippen molar-refractivity contribution in [3.63, 3.8) is 0 Å². The maximum absolute atomic E-state index is 13.7. The van der Waals surface area contributed by atoms with Gasteiger partial charge in [0.25, 0.3) is 0 Å². The van der Waals surface area contributed by atoms with Gasteiger partial charge in [-0.15, -0.1) is 5.10 Å². The number of nitrogens with one attached hydrogen (secondary N) is 1. The van der Waals surface area contributed by atoms with Gasteiger partial charge in [0.15, 0.2) is 11.6 Å². The second kappa shape index (κ2) is 5.27. The first kappa shape index (κ1) is 12.0. The van der Waals surface area contributed by atoms with Crippen molar-refractivity contribution in [1.82, 2.24) is 20.5 Å². The average molecular weight is 259 g/mol. The smallest absolute Gasteiger partial charge is 0.186 e. The molecule has 0 spiro atoms. The van der Waals surface area contributed by atoms with E-state index in [1.165, 1.54) is 6.07 Å². The standard InChI is InChI=1S/C13H14FN5/c14-11-4-2-1-3-10(11)13-17-12(9-16-18-13)19-7-5-15-6-8-19/h1-4,9,15H,5-8H2. The molecule has 6 heteroatoms. The molecule has 3 rings (SSSR count). The summed E-state index contributed by atoms with van der Waals surface area (Å²) in [7, 11) is 0. The molecule has 1 fully saturated rings.